The molecule has 0 spiro atoms. The maximum Gasteiger partial charge on any atom is 0.231 e. The number of benzene rings is 2. The Balaban J connectivity index is 1.61. The number of carbonyl (C=O) groups excluding carboxylic acids is 2. The number of aryl methyl sites for hydroxylation is 1. The van der Waals surface area contributed by atoms with Gasteiger partial charge < -0.3 is 10.1 Å². The number of pyridine rings is 1. The fourth-order valence-electron chi connectivity index (χ4n) is 3.24. The molecule has 0 saturated carbocycles. The molecule has 0 unspecified atom stereocenters. The summed E-state index contributed by atoms with van der Waals surface area (Å²) in [7, 11) is 0. The average molecular weight is 415 g/mol. The highest BCUT2D eigenvalue weighted by Crippen LogP contribution is 2.37. The zero-order chi connectivity index (χ0) is 20.0. The molecule has 2 aromatic carbocycles. The van der Waals surface area contributed by atoms with Crippen LogP contribution in [0.2, 0.25) is 10.0 Å². The number of rotatable bonds is 4. The van der Waals surface area contributed by atoms with Gasteiger partial charge in [0, 0.05) is 22.3 Å². The Kier molecular flexibility index (Phi) is 4.73. The molecule has 5 nitrogen and oxygen atoms in total. The summed E-state index contributed by atoms with van der Waals surface area (Å²) in [6.45, 7) is 3.45. The van der Waals surface area contributed by atoms with Gasteiger partial charge in [-0.15, -0.1) is 0 Å². The van der Waals surface area contributed by atoms with E-state index in [0.717, 1.165) is 16.9 Å². The van der Waals surface area contributed by atoms with Gasteiger partial charge in [-0.2, -0.15) is 0 Å². The van der Waals surface area contributed by atoms with Crippen LogP contribution in [0.5, 0.6) is 5.75 Å². The SMILES string of the molecule is Cc1ccc2c(Cl)cc(Cl)c(OCC(=O)c3ccc4c(c3)[C@@H](C)C(=O)N4)c2n1. The van der Waals surface area contributed by atoms with Gasteiger partial charge in [-0.25, -0.2) is 4.98 Å². The molecule has 0 bridgehead atoms. The van der Waals surface area contributed by atoms with Gasteiger partial charge in [0.2, 0.25) is 5.91 Å². The van der Waals surface area contributed by atoms with Crippen LogP contribution >= 0.6 is 23.2 Å². The summed E-state index contributed by atoms with van der Waals surface area (Å²) in [5.41, 5.74) is 3.32. The maximum atomic E-state index is 12.7. The molecule has 1 atom stereocenters. The van der Waals surface area contributed by atoms with E-state index in [1.54, 1.807) is 31.2 Å². The lowest BCUT2D eigenvalue weighted by Gasteiger charge is -2.12. The van der Waals surface area contributed by atoms with Crippen molar-refractivity contribution in [3.8, 4) is 5.75 Å². The van der Waals surface area contributed by atoms with E-state index < -0.39 is 0 Å². The lowest BCUT2D eigenvalue weighted by atomic mass is 9.99. The lowest BCUT2D eigenvalue weighted by molar-refractivity contribution is -0.116. The number of hydrogen-bond acceptors (Lipinski definition) is 4. The van der Waals surface area contributed by atoms with E-state index >= 15 is 0 Å². The molecule has 142 valence electrons. The molecule has 7 heteroatoms. The molecule has 2 heterocycles. The molecule has 1 N–H and O–H groups in total. The van der Waals surface area contributed by atoms with Crippen molar-refractivity contribution in [1.82, 2.24) is 4.98 Å². The number of ether oxygens (including phenoxy) is 1. The van der Waals surface area contributed by atoms with E-state index in [1.165, 1.54) is 0 Å². The lowest BCUT2D eigenvalue weighted by Crippen LogP contribution is -2.12. The summed E-state index contributed by atoms with van der Waals surface area (Å²) in [6.07, 6.45) is 0. The van der Waals surface area contributed by atoms with Gasteiger partial charge in [0.1, 0.15) is 5.52 Å². The minimum absolute atomic E-state index is 0.0725. The van der Waals surface area contributed by atoms with Crippen LogP contribution in [-0.4, -0.2) is 23.3 Å². The summed E-state index contributed by atoms with van der Waals surface area (Å²) in [4.78, 5) is 28.9. The first-order valence-corrected chi connectivity index (χ1v) is 9.47. The number of carbonyl (C=O) groups is 2. The highest BCUT2D eigenvalue weighted by atomic mass is 35.5. The molecule has 1 aromatic heterocycles. The van der Waals surface area contributed by atoms with E-state index in [-0.39, 0.29) is 24.2 Å². The quantitative estimate of drug-likeness (QED) is 0.598. The fraction of sp³-hybridized carbons (Fsp3) is 0.190. The van der Waals surface area contributed by atoms with Gasteiger partial charge in [-0.1, -0.05) is 23.2 Å². The maximum absolute atomic E-state index is 12.7. The smallest absolute Gasteiger partial charge is 0.231 e. The number of fused-ring (bicyclic) bond motifs is 2. The van der Waals surface area contributed by atoms with Crippen molar-refractivity contribution in [2.45, 2.75) is 19.8 Å². The third-order valence-electron chi connectivity index (χ3n) is 4.82. The average Bonchev–Trinajstić information content (AvgIpc) is 2.94. The van der Waals surface area contributed by atoms with Crippen molar-refractivity contribution in [2.24, 2.45) is 0 Å². The molecule has 1 amide bonds. The molecule has 0 aliphatic carbocycles. The van der Waals surface area contributed by atoms with Gasteiger partial charge in [-0.05, 0) is 55.8 Å². The summed E-state index contributed by atoms with van der Waals surface area (Å²) in [6, 6.07) is 10.4. The second-order valence-electron chi connectivity index (χ2n) is 6.74. The Morgan fingerprint density at radius 3 is 2.75 bits per heavy atom. The topological polar surface area (TPSA) is 68.3 Å². The third-order valence-corrected chi connectivity index (χ3v) is 5.41. The van der Waals surface area contributed by atoms with E-state index in [1.807, 2.05) is 19.1 Å². The Hall–Kier alpha value is -2.63. The van der Waals surface area contributed by atoms with Crippen LogP contribution in [0.25, 0.3) is 10.9 Å². The van der Waals surface area contributed by atoms with Crippen LogP contribution in [-0.2, 0) is 4.79 Å². The molecule has 1 aliphatic heterocycles. The van der Waals surface area contributed by atoms with Crippen molar-refractivity contribution >= 4 is 51.5 Å². The van der Waals surface area contributed by atoms with Crippen LogP contribution < -0.4 is 10.1 Å². The van der Waals surface area contributed by atoms with Crippen molar-refractivity contribution in [2.75, 3.05) is 11.9 Å². The number of aromatic nitrogens is 1. The van der Waals surface area contributed by atoms with Crippen molar-refractivity contribution in [3.05, 3.63) is 63.3 Å². The predicted octanol–water partition coefficient (Wildman–Crippen LogP) is 5.17. The molecule has 1 aliphatic rings. The second-order valence-corrected chi connectivity index (χ2v) is 7.56. The van der Waals surface area contributed by atoms with Gasteiger partial charge in [-0.3, -0.25) is 9.59 Å². The molecule has 0 saturated heterocycles. The molecule has 0 radical (unpaired) electrons. The van der Waals surface area contributed by atoms with Gasteiger partial charge in [0.05, 0.1) is 16.0 Å². The van der Waals surface area contributed by atoms with Gasteiger partial charge in [0.25, 0.3) is 0 Å². The Morgan fingerprint density at radius 1 is 1.18 bits per heavy atom. The first-order chi connectivity index (χ1) is 13.3. The zero-order valence-electron chi connectivity index (χ0n) is 15.2. The number of Topliss-reactive ketones (excluding diaryl/α,β-unsaturated/α-hetero) is 1. The largest absolute Gasteiger partial charge is 0.482 e. The van der Waals surface area contributed by atoms with Crippen LogP contribution in [0.1, 0.15) is 34.5 Å². The number of halogens is 2. The fourth-order valence-corrected chi connectivity index (χ4v) is 3.81. The standard InChI is InChI=1S/C21H16Cl2N2O3/c1-10-3-5-13-15(22)8-16(23)20(19(13)24-10)28-9-18(26)12-4-6-17-14(7-12)11(2)21(27)25-17/h3-8,11H,9H2,1-2H3,(H,25,27)/t11-/m1/s1. The van der Waals surface area contributed by atoms with Crippen LogP contribution in [0.4, 0.5) is 5.69 Å². The van der Waals surface area contributed by atoms with Gasteiger partial charge in [0.15, 0.2) is 18.1 Å². The molecular weight excluding hydrogens is 399 g/mol. The summed E-state index contributed by atoms with van der Waals surface area (Å²) >= 11 is 12.5. The first kappa shape index (κ1) is 18.7. The third kappa shape index (κ3) is 3.21. The highest BCUT2D eigenvalue weighted by molar-refractivity contribution is 6.39. The first-order valence-electron chi connectivity index (χ1n) is 8.71. The van der Waals surface area contributed by atoms with E-state index in [9.17, 15) is 9.59 Å². The monoisotopic (exact) mass is 414 g/mol. The summed E-state index contributed by atoms with van der Waals surface area (Å²) in [5.74, 6) is -0.257. The van der Waals surface area contributed by atoms with Crippen molar-refractivity contribution < 1.29 is 14.3 Å². The summed E-state index contributed by atoms with van der Waals surface area (Å²) in [5, 5.41) is 4.25. The van der Waals surface area contributed by atoms with Crippen molar-refractivity contribution in [1.29, 1.82) is 0 Å². The normalized spacial score (nSPS) is 15.4. The number of hydrogen-bond donors (Lipinski definition) is 1. The minimum Gasteiger partial charge on any atom is -0.482 e. The summed E-state index contributed by atoms with van der Waals surface area (Å²) < 4.78 is 5.76. The Morgan fingerprint density at radius 2 is 1.96 bits per heavy atom. The van der Waals surface area contributed by atoms with E-state index in [2.05, 4.69) is 10.3 Å². The number of nitrogens with zero attached hydrogens (tertiary/aromatic N) is 1. The Labute approximate surface area is 171 Å². The minimum atomic E-state index is -0.287. The van der Waals surface area contributed by atoms with Crippen LogP contribution in [0.3, 0.4) is 0 Å². The van der Waals surface area contributed by atoms with E-state index in [0.29, 0.717) is 32.3 Å². The van der Waals surface area contributed by atoms with Crippen molar-refractivity contribution in [3.63, 3.8) is 0 Å². The second kappa shape index (κ2) is 7.08. The number of amides is 1. The Bertz CT molecular complexity index is 1140. The van der Waals surface area contributed by atoms with Crippen LogP contribution in [0, 0.1) is 6.92 Å². The number of ketones is 1. The molecule has 28 heavy (non-hydrogen) atoms. The predicted molar refractivity (Wildman–Crippen MR) is 110 cm³/mol. The van der Waals surface area contributed by atoms with E-state index in [4.69, 9.17) is 27.9 Å². The number of anilines is 1. The highest BCUT2D eigenvalue weighted by Gasteiger charge is 2.27. The zero-order valence-corrected chi connectivity index (χ0v) is 16.7. The molecule has 3 aromatic rings. The molecular formula is C21H16Cl2N2O3. The molecule has 0 fully saturated rings. The van der Waals surface area contributed by atoms with Crippen LogP contribution in [0.15, 0.2) is 36.4 Å². The number of nitrogens with one attached hydrogen (secondary N) is 1. The molecule has 4 rings (SSSR count). The van der Waals surface area contributed by atoms with Gasteiger partial charge >= 0.3 is 0 Å².